The van der Waals surface area contributed by atoms with E-state index in [0.717, 1.165) is 44.5 Å². The molecular weight excluding hydrogens is 409 g/mol. The molecule has 1 aliphatic heterocycles. The van der Waals surface area contributed by atoms with Crippen LogP contribution in [0.4, 0.5) is 24.5 Å². The Balaban J connectivity index is 1.96. The first-order valence-electron chi connectivity index (χ1n) is 8.38. The van der Waals surface area contributed by atoms with Crippen molar-refractivity contribution in [2.75, 3.05) is 23.3 Å². The first-order chi connectivity index (χ1) is 12.4. The zero-order valence-corrected chi connectivity index (χ0v) is 15.5. The number of carbonyl (C=O) groups excluding carboxylic acids is 1. The molecule has 3 rings (SSSR count). The van der Waals surface area contributed by atoms with Gasteiger partial charge in [0.25, 0.3) is 5.91 Å². The summed E-state index contributed by atoms with van der Waals surface area (Å²) in [6.45, 7) is 1.53. The van der Waals surface area contributed by atoms with Gasteiger partial charge >= 0.3 is 6.18 Å². The molecule has 138 valence electrons. The monoisotopic (exact) mass is 426 g/mol. The SMILES string of the molecule is O=C(Nc1cc(C(F)(F)F)ccc1N1CCCCC1)c1ccccc1Br. The van der Waals surface area contributed by atoms with Gasteiger partial charge in [0, 0.05) is 17.6 Å². The molecule has 2 aromatic carbocycles. The van der Waals surface area contributed by atoms with Gasteiger partial charge < -0.3 is 10.2 Å². The lowest BCUT2D eigenvalue weighted by Crippen LogP contribution is -2.30. The standard InChI is InChI=1S/C19H18BrF3N2O/c20-15-7-3-2-6-14(15)18(26)24-16-12-13(19(21,22)23)8-9-17(16)25-10-4-1-5-11-25/h2-3,6-9,12H,1,4-5,10-11H2,(H,24,26). The zero-order valence-electron chi connectivity index (χ0n) is 13.9. The zero-order chi connectivity index (χ0) is 18.7. The number of anilines is 2. The fourth-order valence-electron chi connectivity index (χ4n) is 3.06. The van der Waals surface area contributed by atoms with Crippen molar-refractivity contribution in [1.82, 2.24) is 0 Å². The van der Waals surface area contributed by atoms with E-state index < -0.39 is 17.6 Å². The molecule has 1 N–H and O–H groups in total. The maximum absolute atomic E-state index is 13.1. The molecule has 1 fully saturated rings. The molecule has 0 spiro atoms. The lowest BCUT2D eigenvalue weighted by Gasteiger charge is -2.31. The van der Waals surface area contributed by atoms with Crippen LogP contribution in [0.15, 0.2) is 46.9 Å². The molecule has 3 nitrogen and oxygen atoms in total. The Morgan fingerprint density at radius 3 is 2.38 bits per heavy atom. The molecule has 1 heterocycles. The third-order valence-corrected chi connectivity index (χ3v) is 5.08. The molecule has 0 bridgehead atoms. The van der Waals surface area contributed by atoms with Gasteiger partial charge in [-0.1, -0.05) is 12.1 Å². The van der Waals surface area contributed by atoms with Gasteiger partial charge in [0.05, 0.1) is 22.5 Å². The molecule has 0 aliphatic carbocycles. The summed E-state index contributed by atoms with van der Waals surface area (Å²) in [4.78, 5) is 14.6. The summed E-state index contributed by atoms with van der Waals surface area (Å²) in [7, 11) is 0. The molecule has 2 aromatic rings. The summed E-state index contributed by atoms with van der Waals surface area (Å²) < 4.78 is 40.0. The first-order valence-corrected chi connectivity index (χ1v) is 9.17. The molecular formula is C19H18BrF3N2O. The fourth-order valence-corrected chi connectivity index (χ4v) is 3.52. The second-order valence-electron chi connectivity index (χ2n) is 6.21. The molecule has 0 unspecified atom stereocenters. The van der Waals surface area contributed by atoms with Crippen LogP contribution >= 0.6 is 15.9 Å². The van der Waals surface area contributed by atoms with E-state index in [4.69, 9.17) is 0 Å². The van der Waals surface area contributed by atoms with Crippen LogP contribution in [0.1, 0.15) is 35.2 Å². The number of nitrogens with one attached hydrogen (secondary N) is 1. The lowest BCUT2D eigenvalue weighted by molar-refractivity contribution is -0.137. The van der Waals surface area contributed by atoms with Gasteiger partial charge in [0.15, 0.2) is 0 Å². The minimum absolute atomic E-state index is 0.183. The normalized spacial score (nSPS) is 15.0. The van der Waals surface area contributed by atoms with E-state index in [1.165, 1.54) is 6.07 Å². The van der Waals surface area contributed by atoms with Gasteiger partial charge in [-0.3, -0.25) is 4.79 Å². The smallest absolute Gasteiger partial charge is 0.370 e. The molecule has 0 radical (unpaired) electrons. The molecule has 0 saturated carbocycles. The predicted molar refractivity (Wildman–Crippen MR) is 99.6 cm³/mol. The third kappa shape index (κ3) is 4.20. The Morgan fingerprint density at radius 2 is 1.73 bits per heavy atom. The van der Waals surface area contributed by atoms with Crippen molar-refractivity contribution in [3.63, 3.8) is 0 Å². The number of nitrogens with zero attached hydrogens (tertiary/aromatic N) is 1. The van der Waals surface area contributed by atoms with Gasteiger partial charge in [0.1, 0.15) is 0 Å². The van der Waals surface area contributed by atoms with E-state index in [1.807, 2.05) is 4.90 Å². The second kappa shape index (κ2) is 7.70. The van der Waals surface area contributed by atoms with E-state index in [2.05, 4.69) is 21.2 Å². The van der Waals surface area contributed by atoms with Crippen molar-refractivity contribution in [1.29, 1.82) is 0 Å². The summed E-state index contributed by atoms with van der Waals surface area (Å²) >= 11 is 3.30. The van der Waals surface area contributed by atoms with Crippen LogP contribution in [-0.2, 0) is 6.18 Å². The number of rotatable bonds is 3. The lowest BCUT2D eigenvalue weighted by atomic mass is 10.1. The van der Waals surface area contributed by atoms with Crippen LogP contribution in [0.3, 0.4) is 0 Å². The maximum Gasteiger partial charge on any atom is 0.416 e. The molecule has 0 atom stereocenters. The van der Waals surface area contributed by atoms with E-state index in [1.54, 1.807) is 24.3 Å². The Kier molecular flexibility index (Phi) is 5.55. The van der Waals surface area contributed by atoms with Crippen molar-refractivity contribution in [3.8, 4) is 0 Å². The Morgan fingerprint density at radius 1 is 1.04 bits per heavy atom. The Labute approximate surface area is 158 Å². The topological polar surface area (TPSA) is 32.3 Å². The van der Waals surface area contributed by atoms with E-state index in [0.29, 0.717) is 15.7 Å². The molecule has 7 heteroatoms. The average molecular weight is 427 g/mol. The Hall–Kier alpha value is -2.02. The highest BCUT2D eigenvalue weighted by Crippen LogP contribution is 2.36. The van der Waals surface area contributed by atoms with Crippen LogP contribution in [0.5, 0.6) is 0 Å². The van der Waals surface area contributed by atoms with Gasteiger partial charge in [0.2, 0.25) is 0 Å². The number of benzene rings is 2. The van der Waals surface area contributed by atoms with Gasteiger partial charge in [-0.2, -0.15) is 13.2 Å². The fraction of sp³-hybridized carbons (Fsp3) is 0.316. The van der Waals surface area contributed by atoms with Gasteiger partial charge in [-0.15, -0.1) is 0 Å². The third-order valence-electron chi connectivity index (χ3n) is 4.39. The number of amides is 1. The number of hydrogen-bond donors (Lipinski definition) is 1. The second-order valence-corrected chi connectivity index (χ2v) is 7.07. The van der Waals surface area contributed by atoms with Gasteiger partial charge in [-0.05, 0) is 65.5 Å². The highest BCUT2D eigenvalue weighted by Gasteiger charge is 2.32. The average Bonchev–Trinajstić information content (AvgIpc) is 2.62. The van der Waals surface area contributed by atoms with Crippen LogP contribution < -0.4 is 10.2 Å². The first kappa shape index (κ1) is 18.8. The number of hydrogen-bond acceptors (Lipinski definition) is 2. The van der Waals surface area contributed by atoms with Crippen molar-refractivity contribution < 1.29 is 18.0 Å². The highest BCUT2D eigenvalue weighted by atomic mass is 79.9. The minimum atomic E-state index is -4.47. The molecule has 1 aliphatic rings. The number of alkyl halides is 3. The van der Waals surface area contributed by atoms with Crippen molar-refractivity contribution >= 4 is 33.2 Å². The molecule has 0 aromatic heterocycles. The maximum atomic E-state index is 13.1. The van der Waals surface area contributed by atoms with E-state index in [9.17, 15) is 18.0 Å². The van der Waals surface area contributed by atoms with E-state index in [-0.39, 0.29) is 5.69 Å². The van der Waals surface area contributed by atoms with E-state index >= 15 is 0 Å². The number of halogens is 4. The number of piperidine rings is 1. The van der Waals surface area contributed by atoms with Crippen LogP contribution in [-0.4, -0.2) is 19.0 Å². The van der Waals surface area contributed by atoms with Crippen LogP contribution in [0, 0.1) is 0 Å². The molecule has 26 heavy (non-hydrogen) atoms. The Bertz CT molecular complexity index is 802. The largest absolute Gasteiger partial charge is 0.416 e. The summed E-state index contributed by atoms with van der Waals surface area (Å²) in [5.41, 5.74) is 0.399. The summed E-state index contributed by atoms with van der Waals surface area (Å²) in [5.74, 6) is -0.449. The minimum Gasteiger partial charge on any atom is -0.370 e. The van der Waals surface area contributed by atoms with Crippen LogP contribution in [0.2, 0.25) is 0 Å². The molecule has 1 saturated heterocycles. The highest BCUT2D eigenvalue weighted by molar-refractivity contribution is 9.10. The predicted octanol–water partition coefficient (Wildman–Crippen LogP) is 5.71. The van der Waals surface area contributed by atoms with Crippen molar-refractivity contribution in [2.24, 2.45) is 0 Å². The van der Waals surface area contributed by atoms with Crippen molar-refractivity contribution in [2.45, 2.75) is 25.4 Å². The van der Waals surface area contributed by atoms with Crippen LogP contribution in [0.25, 0.3) is 0 Å². The quantitative estimate of drug-likeness (QED) is 0.681. The van der Waals surface area contributed by atoms with Gasteiger partial charge in [-0.25, -0.2) is 0 Å². The van der Waals surface area contributed by atoms with Crippen molar-refractivity contribution in [3.05, 3.63) is 58.1 Å². The number of carbonyl (C=O) groups is 1. The summed E-state index contributed by atoms with van der Waals surface area (Å²) in [6.07, 6.45) is -1.39. The summed E-state index contributed by atoms with van der Waals surface area (Å²) in [6, 6.07) is 10.3. The molecule has 1 amide bonds. The summed E-state index contributed by atoms with van der Waals surface area (Å²) in [5, 5.41) is 2.67.